The maximum absolute atomic E-state index is 12.6. The number of carbonyl (C=O) groups excluding carboxylic acids is 1. The summed E-state index contributed by atoms with van der Waals surface area (Å²) in [6.07, 6.45) is -4.55. The number of carbonyl (C=O) groups is 1. The highest BCUT2D eigenvalue weighted by Crippen LogP contribution is 2.33. The standard InChI is InChI=1S/C11H8ClF3N4O/c1-5-16-9(19-18-5)10(20)17-8-3-6(11(13,14)15)2-7(12)4-8/h2-4H,1H3,(H,17,20)(H,16,18,19). The smallest absolute Gasteiger partial charge is 0.319 e. The number of aromatic nitrogens is 3. The van der Waals surface area contributed by atoms with Gasteiger partial charge in [-0.25, -0.2) is 4.98 Å². The Morgan fingerprint density at radius 3 is 2.60 bits per heavy atom. The van der Waals surface area contributed by atoms with Crippen LogP contribution >= 0.6 is 11.6 Å². The molecule has 0 bridgehead atoms. The number of nitrogens with one attached hydrogen (secondary N) is 2. The Balaban J connectivity index is 2.25. The number of anilines is 1. The summed E-state index contributed by atoms with van der Waals surface area (Å²) in [5.74, 6) is -0.488. The Morgan fingerprint density at radius 2 is 2.05 bits per heavy atom. The highest BCUT2D eigenvalue weighted by Gasteiger charge is 2.31. The molecule has 0 atom stereocenters. The Hall–Kier alpha value is -2.09. The second-order valence-corrected chi connectivity index (χ2v) is 4.36. The van der Waals surface area contributed by atoms with Crippen molar-refractivity contribution in [2.24, 2.45) is 0 Å². The van der Waals surface area contributed by atoms with Gasteiger partial charge in [-0.1, -0.05) is 11.6 Å². The van der Waals surface area contributed by atoms with E-state index in [-0.39, 0.29) is 16.5 Å². The van der Waals surface area contributed by atoms with Gasteiger partial charge in [0.05, 0.1) is 5.56 Å². The monoisotopic (exact) mass is 304 g/mol. The van der Waals surface area contributed by atoms with E-state index in [4.69, 9.17) is 11.6 Å². The number of nitrogens with zero attached hydrogens (tertiary/aromatic N) is 2. The lowest BCUT2D eigenvalue weighted by molar-refractivity contribution is -0.137. The summed E-state index contributed by atoms with van der Waals surface area (Å²) in [7, 11) is 0. The van der Waals surface area contributed by atoms with Crippen LogP contribution in [0.4, 0.5) is 18.9 Å². The molecule has 2 aromatic rings. The fourth-order valence-electron chi connectivity index (χ4n) is 1.46. The molecule has 20 heavy (non-hydrogen) atoms. The van der Waals surface area contributed by atoms with Crippen LogP contribution in [-0.2, 0) is 6.18 Å². The Labute approximate surface area is 116 Å². The highest BCUT2D eigenvalue weighted by atomic mass is 35.5. The molecule has 2 N–H and O–H groups in total. The van der Waals surface area contributed by atoms with Crippen molar-refractivity contribution in [2.45, 2.75) is 13.1 Å². The van der Waals surface area contributed by atoms with E-state index >= 15 is 0 Å². The van der Waals surface area contributed by atoms with Gasteiger partial charge in [0.15, 0.2) is 0 Å². The Morgan fingerprint density at radius 1 is 1.35 bits per heavy atom. The third kappa shape index (κ3) is 3.27. The lowest BCUT2D eigenvalue weighted by atomic mass is 10.2. The van der Waals surface area contributed by atoms with Gasteiger partial charge < -0.3 is 5.32 Å². The summed E-state index contributed by atoms with van der Waals surface area (Å²) in [5, 5.41) is 8.18. The molecule has 1 heterocycles. The largest absolute Gasteiger partial charge is 0.416 e. The van der Waals surface area contributed by atoms with Crippen molar-refractivity contribution in [3.8, 4) is 0 Å². The molecule has 0 aliphatic heterocycles. The molecular formula is C11H8ClF3N4O. The van der Waals surface area contributed by atoms with E-state index in [1.165, 1.54) is 6.07 Å². The van der Waals surface area contributed by atoms with Crippen LogP contribution in [0, 0.1) is 6.92 Å². The van der Waals surface area contributed by atoms with Crippen LogP contribution in [0.25, 0.3) is 0 Å². The average Bonchev–Trinajstić information content (AvgIpc) is 2.74. The van der Waals surface area contributed by atoms with E-state index in [2.05, 4.69) is 20.5 Å². The zero-order chi connectivity index (χ0) is 14.9. The van der Waals surface area contributed by atoms with E-state index in [1.54, 1.807) is 6.92 Å². The molecule has 0 saturated carbocycles. The number of H-pyrrole nitrogens is 1. The van der Waals surface area contributed by atoms with Crippen molar-refractivity contribution in [3.63, 3.8) is 0 Å². The van der Waals surface area contributed by atoms with Crippen LogP contribution in [-0.4, -0.2) is 21.1 Å². The summed E-state index contributed by atoms with van der Waals surface area (Å²) < 4.78 is 37.8. The predicted octanol–water partition coefficient (Wildman–Crippen LogP) is 3.04. The number of benzene rings is 1. The first kappa shape index (κ1) is 14.3. The predicted molar refractivity (Wildman–Crippen MR) is 65.5 cm³/mol. The number of alkyl halides is 3. The third-order valence-electron chi connectivity index (χ3n) is 2.28. The van der Waals surface area contributed by atoms with Crippen LogP contribution in [0.2, 0.25) is 5.02 Å². The summed E-state index contributed by atoms with van der Waals surface area (Å²) in [5.41, 5.74) is -1.04. The maximum Gasteiger partial charge on any atom is 0.416 e. The van der Waals surface area contributed by atoms with Crippen LogP contribution in [0.5, 0.6) is 0 Å². The Kier molecular flexibility index (Phi) is 3.67. The summed E-state index contributed by atoms with van der Waals surface area (Å²) >= 11 is 5.60. The molecule has 0 aliphatic carbocycles. The molecule has 1 aromatic heterocycles. The fraction of sp³-hybridized carbons (Fsp3) is 0.182. The van der Waals surface area contributed by atoms with E-state index in [9.17, 15) is 18.0 Å². The average molecular weight is 305 g/mol. The molecule has 106 valence electrons. The maximum atomic E-state index is 12.6. The van der Waals surface area contributed by atoms with Crippen molar-refractivity contribution >= 4 is 23.2 Å². The topological polar surface area (TPSA) is 70.7 Å². The molecule has 0 saturated heterocycles. The second kappa shape index (κ2) is 5.12. The quantitative estimate of drug-likeness (QED) is 0.896. The van der Waals surface area contributed by atoms with E-state index < -0.39 is 17.6 Å². The molecule has 0 fully saturated rings. The van der Waals surface area contributed by atoms with Crippen molar-refractivity contribution in [1.29, 1.82) is 0 Å². The zero-order valence-corrected chi connectivity index (χ0v) is 10.8. The first-order valence-corrected chi connectivity index (χ1v) is 5.71. The van der Waals surface area contributed by atoms with E-state index in [0.717, 1.165) is 12.1 Å². The number of hydrogen-bond donors (Lipinski definition) is 2. The molecule has 1 amide bonds. The number of aromatic amines is 1. The fourth-order valence-corrected chi connectivity index (χ4v) is 1.69. The third-order valence-corrected chi connectivity index (χ3v) is 2.50. The van der Waals surface area contributed by atoms with Gasteiger partial charge in [-0.15, -0.1) is 5.10 Å². The molecule has 0 radical (unpaired) electrons. The number of halogens is 4. The van der Waals surface area contributed by atoms with Crippen LogP contribution < -0.4 is 5.32 Å². The molecular weight excluding hydrogens is 297 g/mol. The molecule has 0 unspecified atom stereocenters. The van der Waals surface area contributed by atoms with Gasteiger partial charge in [-0.2, -0.15) is 13.2 Å². The minimum Gasteiger partial charge on any atom is -0.319 e. The van der Waals surface area contributed by atoms with E-state index in [1.807, 2.05) is 0 Å². The normalized spacial score (nSPS) is 11.4. The van der Waals surface area contributed by atoms with Crippen LogP contribution in [0.15, 0.2) is 18.2 Å². The Bertz CT molecular complexity index is 653. The van der Waals surface area contributed by atoms with Gasteiger partial charge in [0.2, 0.25) is 5.82 Å². The van der Waals surface area contributed by atoms with E-state index in [0.29, 0.717) is 5.82 Å². The SMILES string of the molecule is Cc1nc(C(=O)Nc2cc(Cl)cc(C(F)(F)F)c2)n[nH]1. The molecule has 5 nitrogen and oxygen atoms in total. The first-order valence-electron chi connectivity index (χ1n) is 5.34. The molecule has 0 spiro atoms. The summed E-state index contributed by atoms with van der Waals surface area (Å²) in [6, 6.07) is 2.76. The highest BCUT2D eigenvalue weighted by molar-refractivity contribution is 6.31. The second-order valence-electron chi connectivity index (χ2n) is 3.92. The van der Waals surface area contributed by atoms with Gasteiger partial charge in [0.25, 0.3) is 5.91 Å². The number of aryl methyl sites for hydroxylation is 1. The van der Waals surface area contributed by atoms with Gasteiger partial charge in [0, 0.05) is 10.7 Å². The van der Waals surface area contributed by atoms with Gasteiger partial charge in [0.1, 0.15) is 5.82 Å². The first-order chi connectivity index (χ1) is 9.25. The van der Waals surface area contributed by atoms with Crippen LogP contribution in [0.3, 0.4) is 0 Å². The molecule has 0 aliphatic rings. The lowest BCUT2D eigenvalue weighted by Crippen LogP contribution is -2.15. The van der Waals surface area contributed by atoms with Gasteiger partial charge in [-0.3, -0.25) is 9.89 Å². The number of amides is 1. The molecule has 9 heteroatoms. The molecule has 1 aromatic carbocycles. The van der Waals surface area contributed by atoms with Crippen molar-refractivity contribution in [1.82, 2.24) is 15.2 Å². The van der Waals surface area contributed by atoms with Crippen molar-refractivity contribution < 1.29 is 18.0 Å². The minimum atomic E-state index is -4.55. The summed E-state index contributed by atoms with van der Waals surface area (Å²) in [6.45, 7) is 1.59. The van der Waals surface area contributed by atoms with Crippen LogP contribution in [0.1, 0.15) is 22.0 Å². The lowest BCUT2D eigenvalue weighted by Gasteiger charge is -2.10. The van der Waals surface area contributed by atoms with Crippen molar-refractivity contribution in [3.05, 3.63) is 40.4 Å². The van der Waals surface area contributed by atoms with Gasteiger partial charge in [-0.05, 0) is 25.1 Å². The number of hydrogen-bond acceptors (Lipinski definition) is 3. The van der Waals surface area contributed by atoms with Gasteiger partial charge >= 0.3 is 6.18 Å². The minimum absolute atomic E-state index is 0.0859. The van der Waals surface area contributed by atoms with Crippen molar-refractivity contribution in [2.75, 3.05) is 5.32 Å². The zero-order valence-electron chi connectivity index (χ0n) is 10.0. The number of rotatable bonds is 2. The molecule has 2 rings (SSSR count). The summed E-state index contributed by atoms with van der Waals surface area (Å²) in [4.78, 5) is 15.5.